The van der Waals surface area contributed by atoms with E-state index in [1.54, 1.807) is 13.8 Å². The smallest absolute Gasteiger partial charge is 0.374 e. The van der Waals surface area contributed by atoms with Gasteiger partial charge in [0.1, 0.15) is 18.3 Å². The summed E-state index contributed by atoms with van der Waals surface area (Å²) in [5.41, 5.74) is -1.28. The fourth-order valence-electron chi connectivity index (χ4n) is 2.89. The molecular formula is C14H23N2O9P. The average Bonchev–Trinajstić information content (AvgIpc) is 2.83. The summed E-state index contributed by atoms with van der Waals surface area (Å²) >= 11 is 0. The van der Waals surface area contributed by atoms with Gasteiger partial charge in [0, 0.05) is 19.4 Å². The van der Waals surface area contributed by atoms with Crippen LogP contribution in [-0.2, 0) is 23.3 Å². The van der Waals surface area contributed by atoms with Gasteiger partial charge in [-0.25, -0.2) is 9.36 Å². The number of aromatic amines is 1. The molecule has 0 bridgehead atoms. The number of aromatic nitrogens is 2. The minimum Gasteiger partial charge on any atom is -0.374 e. The van der Waals surface area contributed by atoms with Gasteiger partial charge in [-0.15, -0.1) is 0 Å². The van der Waals surface area contributed by atoms with E-state index >= 15 is 0 Å². The Labute approximate surface area is 149 Å². The molecule has 0 aliphatic carbocycles. The number of ether oxygens (including phenoxy) is 3. The lowest BCUT2D eigenvalue weighted by Crippen LogP contribution is -2.43. The summed E-state index contributed by atoms with van der Waals surface area (Å²) in [6.45, 7) is 4.97. The molecule has 5 atom stereocenters. The lowest BCUT2D eigenvalue weighted by Gasteiger charge is -2.28. The molecule has 3 N–H and O–H groups in total. The summed E-state index contributed by atoms with van der Waals surface area (Å²) in [6.07, 6.45) is -3.53. The molecule has 0 amide bonds. The number of phosphoric acid groups is 1. The number of hydrogen-bond acceptors (Lipinski definition) is 7. The molecule has 1 aliphatic rings. The predicted octanol–water partition coefficient (Wildman–Crippen LogP) is -0.260. The first kappa shape index (κ1) is 21.0. The normalized spacial score (nSPS) is 27.8. The topological polar surface area (TPSA) is 149 Å². The van der Waals surface area contributed by atoms with Crippen LogP contribution < -0.4 is 11.2 Å². The molecule has 1 saturated heterocycles. The Morgan fingerprint density at radius 1 is 1.27 bits per heavy atom. The van der Waals surface area contributed by atoms with E-state index in [2.05, 4.69) is 4.98 Å². The molecule has 0 spiro atoms. The number of methoxy groups -OCH3 is 1. The monoisotopic (exact) mass is 394 g/mol. The number of rotatable bonds is 7. The third kappa shape index (κ3) is 4.89. The first-order valence-electron chi connectivity index (χ1n) is 7.92. The van der Waals surface area contributed by atoms with Crippen LogP contribution in [0.5, 0.6) is 0 Å². The molecule has 0 saturated carbocycles. The summed E-state index contributed by atoms with van der Waals surface area (Å²) < 4.78 is 34.1. The van der Waals surface area contributed by atoms with Crippen molar-refractivity contribution < 1.29 is 33.1 Å². The van der Waals surface area contributed by atoms with Crippen LogP contribution in [0, 0.1) is 0 Å². The summed E-state index contributed by atoms with van der Waals surface area (Å²) in [4.78, 5) is 43.6. The highest BCUT2D eigenvalue weighted by molar-refractivity contribution is 7.46. The highest BCUT2D eigenvalue weighted by Crippen LogP contribution is 2.42. The van der Waals surface area contributed by atoms with Gasteiger partial charge in [0.15, 0.2) is 6.23 Å². The molecule has 148 valence electrons. The third-order valence-corrected chi connectivity index (χ3v) is 4.43. The molecule has 0 radical (unpaired) electrons. The van der Waals surface area contributed by atoms with Crippen molar-refractivity contribution in [1.29, 1.82) is 0 Å². The molecule has 1 aromatic rings. The molecule has 2 rings (SSSR count). The highest BCUT2D eigenvalue weighted by atomic mass is 31.2. The maximum Gasteiger partial charge on any atom is 0.469 e. The quantitative estimate of drug-likeness (QED) is 0.532. The third-order valence-electron chi connectivity index (χ3n) is 3.82. The maximum absolute atomic E-state index is 12.1. The number of phosphoric ester groups is 1. The lowest BCUT2D eigenvalue weighted by atomic mass is 10.1. The van der Waals surface area contributed by atoms with E-state index in [0.29, 0.717) is 0 Å². The van der Waals surface area contributed by atoms with Crippen molar-refractivity contribution in [1.82, 2.24) is 9.55 Å². The highest BCUT2D eigenvalue weighted by Gasteiger charge is 2.50. The zero-order valence-corrected chi connectivity index (χ0v) is 15.7. The van der Waals surface area contributed by atoms with Crippen LogP contribution in [0.2, 0.25) is 0 Å². The fourth-order valence-corrected chi connectivity index (χ4v) is 3.44. The second-order valence-electron chi connectivity index (χ2n) is 6.16. The van der Waals surface area contributed by atoms with Crippen molar-refractivity contribution in [2.45, 2.75) is 57.5 Å². The van der Waals surface area contributed by atoms with Gasteiger partial charge in [-0.1, -0.05) is 0 Å². The molecule has 1 fully saturated rings. The minimum absolute atomic E-state index is 0.253. The van der Waals surface area contributed by atoms with Gasteiger partial charge in [-0.2, -0.15) is 0 Å². The first-order valence-corrected chi connectivity index (χ1v) is 9.45. The van der Waals surface area contributed by atoms with Crippen LogP contribution in [0.1, 0.15) is 27.0 Å². The lowest BCUT2D eigenvalue weighted by molar-refractivity contribution is -0.101. The van der Waals surface area contributed by atoms with E-state index in [1.807, 2.05) is 0 Å². The molecule has 12 heteroatoms. The zero-order chi connectivity index (χ0) is 19.6. The van der Waals surface area contributed by atoms with Crippen molar-refractivity contribution in [3.05, 3.63) is 33.1 Å². The number of H-pyrrole nitrogens is 1. The van der Waals surface area contributed by atoms with Crippen molar-refractivity contribution in [2.75, 3.05) is 7.11 Å². The number of nitrogens with one attached hydrogen (secondary N) is 1. The molecule has 1 aliphatic heterocycles. The van der Waals surface area contributed by atoms with E-state index < -0.39 is 49.7 Å². The van der Waals surface area contributed by atoms with E-state index in [0.717, 1.165) is 10.6 Å². The van der Waals surface area contributed by atoms with Gasteiger partial charge in [0.25, 0.3) is 5.56 Å². The minimum atomic E-state index is -4.76. The van der Waals surface area contributed by atoms with Crippen LogP contribution in [0.4, 0.5) is 0 Å². The Kier molecular flexibility index (Phi) is 6.56. The van der Waals surface area contributed by atoms with Crippen molar-refractivity contribution in [3.63, 3.8) is 0 Å². The van der Waals surface area contributed by atoms with E-state index in [9.17, 15) is 14.2 Å². The van der Waals surface area contributed by atoms with Crippen LogP contribution in [0.25, 0.3) is 0 Å². The van der Waals surface area contributed by atoms with Gasteiger partial charge >= 0.3 is 13.5 Å². The van der Waals surface area contributed by atoms with Gasteiger partial charge in [0.05, 0.1) is 12.2 Å². The van der Waals surface area contributed by atoms with Crippen LogP contribution >= 0.6 is 7.82 Å². The average molecular weight is 394 g/mol. The van der Waals surface area contributed by atoms with Crippen LogP contribution in [0.3, 0.4) is 0 Å². The molecule has 2 heterocycles. The van der Waals surface area contributed by atoms with Gasteiger partial charge in [0.2, 0.25) is 0 Å². The number of nitrogens with zero attached hydrogens (tertiary/aromatic N) is 1. The van der Waals surface area contributed by atoms with Gasteiger partial charge in [-0.3, -0.25) is 18.9 Å². The molecule has 11 nitrogen and oxygen atoms in total. The van der Waals surface area contributed by atoms with Crippen LogP contribution in [0.15, 0.2) is 21.9 Å². The molecular weight excluding hydrogens is 371 g/mol. The zero-order valence-electron chi connectivity index (χ0n) is 14.8. The predicted molar refractivity (Wildman–Crippen MR) is 88.6 cm³/mol. The Hall–Kier alpha value is -1.33. The van der Waals surface area contributed by atoms with Crippen molar-refractivity contribution >= 4 is 7.82 Å². The Morgan fingerprint density at radius 3 is 2.42 bits per heavy atom. The van der Waals surface area contributed by atoms with Crippen LogP contribution in [-0.4, -0.2) is 57.0 Å². The van der Waals surface area contributed by atoms with Gasteiger partial charge in [-0.05, 0) is 20.8 Å². The fraction of sp³-hybridized carbons (Fsp3) is 0.714. The summed E-state index contributed by atoms with van der Waals surface area (Å²) in [5, 5.41) is 0. The Bertz CT molecular complexity index is 770. The SMILES string of the molecule is CO[C@H]1[C@@H](OC(C)C)[C@@H]([C@@H](C)OP(=O)(O)O)O[C@H]1n1ccc(=O)[nH]c1=O. The molecule has 26 heavy (non-hydrogen) atoms. The second-order valence-corrected chi connectivity index (χ2v) is 7.35. The van der Waals surface area contributed by atoms with Gasteiger partial charge < -0.3 is 24.0 Å². The maximum atomic E-state index is 12.1. The standard InChI is InChI=1S/C14H23N2O9P/c1-7(2)23-11-10(8(3)25-26(19,20)21)24-13(12(11)22-4)16-6-5-9(17)15-14(16)18/h5-8,10-13H,1-4H3,(H,15,17,18)(H2,19,20,21)/t8-,10-,11+,12+,13-/m1/s1. The van der Waals surface area contributed by atoms with Crippen molar-refractivity contribution in [3.8, 4) is 0 Å². The van der Waals surface area contributed by atoms with E-state index in [-0.39, 0.29) is 6.10 Å². The second kappa shape index (κ2) is 8.13. The molecule has 0 unspecified atom stereocenters. The van der Waals surface area contributed by atoms with Crippen molar-refractivity contribution in [2.24, 2.45) is 0 Å². The molecule has 1 aromatic heterocycles. The summed E-state index contributed by atoms with van der Waals surface area (Å²) in [6, 6.07) is 1.15. The van der Waals surface area contributed by atoms with E-state index in [1.165, 1.54) is 20.2 Å². The number of hydrogen-bond donors (Lipinski definition) is 3. The van der Waals surface area contributed by atoms with E-state index in [4.69, 9.17) is 28.5 Å². The summed E-state index contributed by atoms with van der Waals surface area (Å²) in [5.74, 6) is 0. The largest absolute Gasteiger partial charge is 0.469 e. The Morgan fingerprint density at radius 2 is 1.92 bits per heavy atom. The summed E-state index contributed by atoms with van der Waals surface area (Å²) in [7, 11) is -3.37. The first-order chi connectivity index (χ1) is 12.0. The molecule has 0 aromatic carbocycles. The Balaban J connectivity index is 2.40.